The van der Waals surface area contributed by atoms with Gasteiger partial charge in [0, 0.05) is 19.1 Å². The maximum absolute atomic E-state index is 10.3. The second-order valence-electron chi connectivity index (χ2n) is 6.46. The first-order valence-electron chi connectivity index (χ1n) is 8.76. The number of aliphatic hydroxyl groups is 1. The fourth-order valence-electron chi connectivity index (χ4n) is 2.69. The van der Waals surface area contributed by atoms with Gasteiger partial charge in [-0.15, -0.1) is 0 Å². The van der Waals surface area contributed by atoms with Gasteiger partial charge in [-0.2, -0.15) is 0 Å². The van der Waals surface area contributed by atoms with Gasteiger partial charge in [0.1, 0.15) is 12.4 Å². The predicted octanol–water partition coefficient (Wildman–Crippen LogP) is 3.08. The SMILES string of the molecule is COc1ccc(CN(C[C@@H](O)COCc2ccco2)C(C)C)cc1OC. The Hall–Kier alpha value is -2.02. The summed E-state index contributed by atoms with van der Waals surface area (Å²) >= 11 is 0. The molecule has 0 aliphatic heterocycles. The Morgan fingerprint density at radius 1 is 1.12 bits per heavy atom. The minimum absolute atomic E-state index is 0.260. The number of hydrogen-bond donors (Lipinski definition) is 1. The molecule has 0 aliphatic rings. The van der Waals surface area contributed by atoms with E-state index in [1.54, 1.807) is 20.5 Å². The molecule has 1 aromatic heterocycles. The topological polar surface area (TPSA) is 64.3 Å². The molecule has 0 saturated carbocycles. The van der Waals surface area contributed by atoms with Gasteiger partial charge in [-0.1, -0.05) is 6.07 Å². The van der Waals surface area contributed by atoms with Crippen LogP contribution in [-0.2, 0) is 17.9 Å². The van der Waals surface area contributed by atoms with E-state index in [0.717, 1.165) is 11.3 Å². The standard InChI is InChI=1S/C20H29NO5/c1-15(2)21(11-16-7-8-19(23-3)20(10-16)24-4)12-17(22)13-25-14-18-6-5-9-26-18/h5-10,15,17,22H,11-14H2,1-4H3/t17-/m1/s1. The Morgan fingerprint density at radius 3 is 2.50 bits per heavy atom. The van der Waals surface area contributed by atoms with Crippen molar-refractivity contribution in [2.45, 2.75) is 39.1 Å². The Bertz CT molecular complexity index is 642. The van der Waals surface area contributed by atoms with E-state index in [1.165, 1.54) is 0 Å². The highest BCUT2D eigenvalue weighted by Gasteiger charge is 2.17. The van der Waals surface area contributed by atoms with Crippen molar-refractivity contribution in [2.24, 2.45) is 0 Å². The van der Waals surface area contributed by atoms with Gasteiger partial charge >= 0.3 is 0 Å². The van der Waals surface area contributed by atoms with Crippen LogP contribution in [0, 0.1) is 0 Å². The average Bonchev–Trinajstić information content (AvgIpc) is 3.14. The third kappa shape index (κ3) is 6.05. The summed E-state index contributed by atoms with van der Waals surface area (Å²) in [5.41, 5.74) is 1.10. The van der Waals surface area contributed by atoms with Crippen LogP contribution in [0.4, 0.5) is 0 Å². The van der Waals surface area contributed by atoms with Crippen LogP contribution in [-0.4, -0.2) is 49.5 Å². The highest BCUT2D eigenvalue weighted by Crippen LogP contribution is 2.28. The fraction of sp³-hybridized carbons (Fsp3) is 0.500. The van der Waals surface area contributed by atoms with Gasteiger partial charge in [-0.3, -0.25) is 4.90 Å². The van der Waals surface area contributed by atoms with Gasteiger partial charge < -0.3 is 23.7 Å². The van der Waals surface area contributed by atoms with Crippen LogP contribution in [0.5, 0.6) is 11.5 Å². The zero-order chi connectivity index (χ0) is 18.9. The van der Waals surface area contributed by atoms with Crippen LogP contribution < -0.4 is 9.47 Å². The van der Waals surface area contributed by atoms with E-state index in [1.807, 2.05) is 30.3 Å². The third-order valence-electron chi connectivity index (χ3n) is 4.14. The van der Waals surface area contributed by atoms with Crippen molar-refractivity contribution in [2.75, 3.05) is 27.4 Å². The molecule has 0 bridgehead atoms. The number of furan rings is 1. The second-order valence-corrected chi connectivity index (χ2v) is 6.46. The Balaban J connectivity index is 1.89. The van der Waals surface area contributed by atoms with Crippen LogP contribution in [0.25, 0.3) is 0 Å². The van der Waals surface area contributed by atoms with Crippen LogP contribution in [0.1, 0.15) is 25.2 Å². The zero-order valence-corrected chi connectivity index (χ0v) is 16.0. The van der Waals surface area contributed by atoms with Crippen molar-refractivity contribution in [3.8, 4) is 11.5 Å². The molecular weight excluding hydrogens is 334 g/mol. The summed E-state index contributed by atoms with van der Waals surface area (Å²) in [7, 11) is 3.25. The molecule has 26 heavy (non-hydrogen) atoms. The molecule has 144 valence electrons. The third-order valence-corrected chi connectivity index (χ3v) is 4.14. The summed E-state index contributed by atoms with van der Waals surface area (Å²) in [6.07, 6.45) is 1.03. The molecule has 1 aromatic carbocycles. The summed E-state index contributed by atoms with van der Waals surface area (Å²) in [5, 5.41) is 10.3. The Labute approximate surface area is 155 Å². The quantitative estimate of drug-likeness (QED) is 0.662. The zero-order valence-electron chi connectivity index (χ0n) is 16.0. The normalized spacial score (nSPS) is 12.6. The van der Waals surface area contributed by atoms with E-state index < -0.39 is 6.10 Å². The van der Waals surface area contributed by atoms with Crippen molar-refractivity contribution in [1.82, 2.24) is 4.90 Å². The second kappa shape index (κ2) is 10.2. The molecule has 6 nitrogen and oxygen atoms in total. The monoisotopic (exact) mass is 363 g/mol. The number of rotatable bonds is 11. The van der Waals surface area contributed by atoms with E-state index in [9.17, 15) is 5.11 Å². The van der Waals surface area contributed by atoms with Crippen molar-refractivity contribution in [3.63, 3.8) is 0 Å². The molecular formula is C20H29NO5. The van der Waals surface area contributed by atoms with Crippen LogP contribution >= 0.6 is 0 Å². The maximum atomic E-state index is 10.3. The summed E-state index contributed by atoms with van der Waals surface area (Å²) < 4.78 is 21.4. The van der Waals surface area contributed by atoms with Gasteiger partial charge in [-0.05, 0) is 43.7 Å². The number of hydrogen-bond acceptors (Lipinski definition) is 6. The van der Waals surface area contributed by atoms with Gasteiger partial charge in [-0.25, -0.2) is 0 Å². The van der Waals surface area contributed by atoms with Crippen molar-refractivity contribution in [3.05, 3.63) is 47.9 Å². The van der Waals surface area contributed by atoms with Crippen LogP contribution in [0.3, 0.4) is 0 Å². The highest BCUT2D eigenvalue weighted by molar-refractivity contribution is 5.42. The molecule has 6 heteroatoms. The van der Waals surface area contributed by atoms with E-state index in [0.29, 0.717) is 31.2 Å². The molecule has 2 aromatic rings. The molecule has 1 N–H and O–H groups in total. The van der Waals surface area contributed by atoms with Crippen LogP contribution in [0.15, 0.2) is 41.0 Å². The lowest BCUT2D eigenvalue weighted by atomic mass is 10.1. The predicted molar refractivity (Wildman–Crippen MR) is 99.5 cm³/mol. The van der Waals surface area contributed by atoms with E-state index in [2.05, 4.69) is 18.7 Å². The van der Waals surface area contributed by atoms with Crippen molar-refractivity contribution < 1.29 is 23.7 Å². The molecule has 1 atom stereocenters. The molecule has 1 heterocycles. The largest absolute Gasteiger partial charge is 0.493 e. The Morgan fingerprint density at radius 2 is 1.88 bits per heavy atom. The molecule has 0 unspecified atom stereocenters. The van der Waals surface area contributed by atoms with Gasteiger partial charge in [0.15, 0.2) is 11.5 Å². The summed E-state index contributed by atoms with van der Waals surface area (Å²) in [5.74, 6) is 2.16. The average molecular weight is 363 g/mol. The first-order valence-corrected chi connectivity index (χ1v) is 8.76. The maximum Gasteiger partial charge on any atom is 0.161 e. The van der Waals surface area contributed by atoms with Gasteiger partial charge in [0.2, 0.25) is 0 Å². The van der Waals surface area contributed by atoms with Crippen LogP contribution in [0.2, 0.25) is 0 Å². The number of methoxy groups -OCH3 is 2. The van der Waals surface area contributed by atoms with E-state index in [-0.39, 0.29) is 12.6 Å². The summed E-state index contributed by atoms with van der Waals surface area (Å²) in [4.78, 5) is 2.20. The molecule has 2 rings (SSSR count). The summed E-state index contributed by atoms with van der Waals surface area (Å²) in [6.45, 7) is 6.06. The molecule has 0 aliphatic carbocycles. The molecule has 0 fully saturated rings. The molecule has 0 amide bonds. The minimum atomic E-state index is -0.576. The smallest absolute Gasteiger partial charge is 0.161 e. The number of aliphatic hydroxyl groups excluding tert-OH is 1. The van der Waals surface area contributed by atoms with Crippen molar-refractivity contribution >= 4 is 0 Å². The number of ether oxygens (including phenoxy) is 3. The lowest BCUT2D eigenvalue weighted by Gasteiger charge is -2.29. The molecule has 0 radical (unpaired) electrons. The summed E-state index contributed by atoms with van der Waals surface area (Å²) in [6, 6.07) is 9.82. The lowest BCUT2D eigenvalue weighted by molar-refractivity contribution is -0.00116. The highest BCUT2D eigenvalue weighted by atomic mass is 16.5. The molecule has 0 spiro atoms. The number of benzene rings is 1. The first-order chi connectivity index (χ1) is 12.5. The lowest BCUT2D eigenvalue weighted by Crippen LogP contribution is -2.38. The number of nitrogens with zero attached hydrogens (tertiary/aromatic N) is 1. The Kier molecular flexibility index (Phi) is 7.97. The fourth-order valence-corrected chi connectivity index (χ4v) is 2.69. The van der Waals surface area contributed by atoms with Crippen molar-refractivity contribution in [1.29, 1.82) is 0 Å². The minimum Gasteiger partial charge on any atom is -0.493 e. The first kappa shape index (κ1) is 20.3. The molecule has 0 saturated heterocycles. The van der Waals surface area contributed by atoms with E-state index >= 15 is 0 Å². The van der Waals surface area contributed by atoms with E-state index in [4.69, 9.17) is 18.6 Å². The van der Waals surface area contributed by atoms with Gasteiger partial charge in [0.05, 0.1) is 33.2 Å². The van der Waals surface area contributed by atoms with Gasteiger partial charge in [0.25, 0.3) is 0 Å².